The first-order valence-electron chi connectivity index (χ1n) is 6.72. The normalized spacial score (nSPS) is 10.1. The molecule has 1 aromatic heterocycles. The highest BCUT2D eigenvalue weighted by Gasteiger charge is 2.11. The number of hydrogen-bond donors (Lipinski definition) is 1. The second-order valence-corrected chi connectivity index (χ2v) is 4.53. The van der Waals surface area contributed by atoms with Crippen LogP contribution >= 0.6 is 0 Å². The SMILES string of the molecule is COc1ccc(CCNC(=O)c2cc(=O)c(OC)co2)cc1. The number of carbonyl (C=O) groups excluding carboxylic acids is 1. The van der Waals surface area contributed by atoms with E-state index >= 15 is 0 Å². The molecule has 0 radical (unpaired) electrons. The molecule has 6 heteroatoms. The van der Waals surface area contributed by atoms with Crippen LogP contribution in [-0.2, 0) is 6.42 Å². The van der Waals surface area contributed by atoms with E-state index in [1.807, 2.05) is 24.3 Å². The average Bonchev–Trinajstić information content (AvgIpc) is 2.55. The van der Waals surface area contributed by atoms with Crippen LogP contribution in [0, 0.1) is 0 Å². The molecule has 0 atom stereocenters. The molecule has 1 aromatic carbocycles. The van der Waals surface area contributed by atoms with Gasteiger partial charge < -0.3 is 19.2 Å². The van der Waals surface area contributed by atoms with E-state index < -0.39 is 11.3 Å². The largest absolute Gasteiger partial charge is 0.497 e. The van der Waals surface area contributed by atoms with Crippen molar-refractivity contribution in [3.05, 3.63) is 58.1 Å². The molecule has 6 nitrogen and oxygen atoms in total. The summed E-state index contributed by atoms with van der Waals surface area (Å²) >= 11 is 0. The van der Waals surface area contributed by atoms with Crippen molar-refractivity contribution in [1.82, 2.24) is 5.32 Å². The predicted octanol–water partition coefficient (Wildman–Crippen LogP) is 1.63. The van der Waals surface area contributed by atoms with Crippen LogP contribution in [-0.4, -0.2) is 26.7 Å². The van der Waals surface area contributed by atoms with Crippen molar-refractivity contribution in [2.45, 2.75) is 6.42 Å². The summed E-state index contributed by atoms with van der Waals surface area (Å²) in [7, 11) is 2.97. The maximum atomic E-state index is 11.9. The van der Waals surface area contributed by atoms with Gasteiger partial charge in [-0.25, -0.2) is 0 Å². The molecule has 0 aliphatic rings. The number of benzene rings is 1. The molecule has 0 spiro atoms. The zero-order chi connectivity index (χ0) is 15.9. The maximum Gasteiger partial charge on any atom is 0.287 e. The van der Waals surface area contributed by atoms with Crippen molar-refractivity contribution < 1.29 is 18.7 Å². The van der Waals surface area contributed by atoms with Crippen molar-refractivity contribution in [3.63, 3.8) is 0 Å². The monoisotopic (exact) mass is 303 g/mol. The number of rotatable bonds is 6. The number of carbonyl (C=O) groups is 1. The Kier molecular flexibility index (Phi) is 5.19. The van der Waals surface area contributed by atoms with Crippen molar-refractivity contribution in [2.75, 3.05) is 20.8 Å². The van der Waals surface area contributed by atoms with Gasteiger partial charge in [0.15, 0.2) is 5.76 Å². The number of nitrogens with one attached hydrogen (secondary N) is 1. The smallest absolute Gasteiger partial charge is 0.287 e. The Bertz CT molecular complexity index is 690. The molecule has 2 rings (SSSR count). The van der Waals surface area contributed by atoms with Crippen molar-refractivity contribution in [3.8, 4) is 11.5 Å². The van der Waals surface area contributed by atoms with Crippen LogP contribution in [0.2, 0.25) is 0 Å². The highest BCUT2D eigenvalue weighted by atomic mass is 16.5. The molecule has 0 saturated carbocycles. The van der Waals surface area contributed by atoms with Gasteiger partial charge in [-0.3, -0.25) is 9.59 Å². The van der Waals surface area contributed by atoms with Crippen LogP contribution in [0.4, 0.5) is 0 Å². The van der Waals surface area contributed by atoms with Gasteiger partial charge in [0, 0.05) is 12.6 Å². The molecule has 0 bridgehead atoms. The summed E-state index contributed by atoms with van der Waals surface area (Å²) < 4.78 is 14.9. The van der Waals surface area contributed by atoms with Gasteiger partial charge in [-0.15, -0.1) is 0 Å². The van der Waals surface area contributed by atoms with E-state index in [1.54, 1.807) is 7.11 Å². The van der Waals surface area contributed by atoms with Crippen LogP contribution in [0.3, 0.4) is 0 Å². The van der Waals surface area contributed by atoms with Crippen LogP contribution in [0.1, 0.15) is 16.1 Å². The number of amides is 1. The fourth-order valence-electron chi connectivity index (χ4n) is 1.87. The van der Waals surface area contributed by atoms with Crippen LogP contribution in [0.15, 0.2) is 45.8 Å². The quantitative estimate of drug-likeness (QED) is 0.877. The Hall–Kier alpha value is -2.76. The second-order valence-electron chi connectivity index (χ2n) is 4.53. The molecule has 1 amide bonds. The van der Waals surface area contributed by atoms with Crippen molar-refractivity contribution in [1.29, 1.82) is 0 Å². The highest BCUT2D eigenvalue weighted by Crippen LogP contribution is 2.11. The van der Waals surface area contributed by atoms with Gasteiger partial charge in [0.05, 0.1) is 14.2 Å². The van der Waals surface area contributed by atoms with E-state index in [-0.39, 0.29) is 11.5 Å². The standard InChI is InChI=1S/C16H17NO5/c1-20-12-5-3-11(4-6-12)7-8-17-16(19)14-9-13(18)15(21-2)10-22-14/h3-6,9-10H,7-8H2,1-2H3,(H,17,19). The molecule has 0 unspecified atom stereocenters. The van der Waals surface area contributed by atoms with E-state index in [0.717, 1.165) is 23.6 Å². The minimum Gasteiger partial charge on any atom is -0.497 e. The third kappa shape index (κ3) is 3.88. The lowest BCUT2D eigenvalue weighted by Crippen LogP contribution is -2.26. The first-order chi connectivity index (χ1) is 10.6. The maximum absolute atomic E-state index is 11.9. The molecule has 0 aliphatic heterocycles. The van der Waals surface area contributed by atoms with Gasteiger partial charge in [0.25, 0.3) is 5.91 Å². The lowest BCUT2D eigenvalue weighted by atomic mass is 10.1. The van der Waals surface area contributed by atoms with Gasteiger partial charge >= 0.3 is 0 Å². The Labute approximate surface area is 127 Å². The Morgan fingerprint density at radius 1 is 1.18 bits per heavy atom. The fraction of sp³-hybridized carbons (Fsp3) is 0.250. The van der Waals surface area contributed by atoms with E-state index in [0.29, 0.717) is 13.0 Å². The molecule has 0 fully saturated rings. The first kappa shape index (κ1) is 15.6. The number of ether oxygens (including phenoxy) is 2. The summed E-state index contributed by atoms with van der Waals surface area (Å²) in [4.78, 5) is 23.4. The summed E-state index contributed by atoms with van der Waals surface area (Å²) in [5, 5.41) is 2.70. The molecule has 22 heavy (non-hydrogen) atoms. The lowest BCUT2D eigenvalue weighted by molar-refractivity contribution is 0.0923. The molecule has 0 saturated heterocycles. The lowest BCUT2D eigenvalue weighted by Gasteiger charge is -2.06. The number of methoxy groups -OCH3 is 2. The van der Waals surface area contributed by atoms with Gasteiger partial charge in [0.2, 0.25) is 11.2 Å². The minimum absolute atomic E-state index is 0.0412. The van der Waals surface area contributed by atoms with E-state index in [1.165, 1.54) is 7.11 Å². The highest BCUT2D eigenvalue weighted by molar-refractivity contribution is 5.91. The topological polar surface area (TPSA) is 77.8 Å². The zero-order valence-electron chi connectivity index (χ0n) is 12.4. The van der Waals surface area contributed by atoms with Crippen molar-refractivity contribution in [2.24, 2.45) is 0 Å². The molecule has 2 aromatic rings. The molecule has 0 aliphatic carbocycles. The van der Waals surface area contributed by atoms with E-state index in [2.05, 4.69) is 5.32 Å². The minimum atomic E-state index is -0.437. The average molecular weight is 303 g/mol. The van der Waals surface area contributed by atoms with Gasteiger partial charge in [-0.05, 0) is 24.1 Å². The van der Waals surface area contributed by atoms with Crippen molar-refractivity contribution >= 4 is 5.91 Å². The second kappa shape index (κ2) is 7.31. The molecular formula is C16H17NO5. The molecule has 116 valence electrons. The van der Waals surface area contributed by atoms with Crippen LogP contribution < -0.4 is 20.2 Å². The summed E-state index contributed by atoms with van der Waals surface area (Å²) in [5.41, 5.74) is 0.673. The number of hydrogen-bond acceptors (Lipinski definition) is 5. The first-order valence-corrected chi connectivity index (χ1v) is 6.72. The Morgan fingerprint density at radius 2 is 1.91 bits per heavy atom. The fourth-order valence-corrected chi connectivity index (χ4v) is 1.87. The predicted molar refractivity (Wildman–Crippen MR) is 80.6 cm³/mol. The van der Waals surface area contributed by atoms with E-state index in [9.17, 15) is 9.59 Å². The summed E-state index contributed by atoms with van der Waals surface area (Å²) in [6.45, 7) is 0.431. The molecular weight excluding hydrogens is 286 g/mol. The molecule has 1 N–H and O–H groups in total. The zero-order valence-corrected chi connectivity index (χ0v) is 12.4. The Morgan fingerprint density at radius 3 is 2.50 bits per heavy atom. The summed E-state index contributed by atoms with van der Waals surface area (Å²) in [6, 6.07) is 8.69. The van der Waals surface area contributed by atoms with E-state index in [4.69, 9.17) is 13.9 Å². The van der Waals surface area contributed by atoms with Gasteiger partial charge in [-0.2, -0.15) is 0 Å². The summed E-state index contributed by atoms with van der Waals surface area (Å²) in [6.07, 6.45) is 1.79. The Balaban J connectivity index is 1.89. The third-order valence-corrected chi connectivity index (χ3v) is 3.10. The van der Waals surface area contributed by atoms with Crippen LogP contribution in [0.25, 0.3) is 0 Å². The van der Waals surface area contributed by atoms with Crippen LogP contribution in [0.5, 0.6) is 11.5 Å². The third-order valence-electron chi connectivity index (χ3n) is 3.10. The van der Waals surface area contributed by atoms with Gasteiger partial charge in [-0.1, -0.05) is 12.1 Å². The summed E-state index contributed by atoms with van der Waals surface area (Å²) in [5.74, 6) is 0.372. The van der Waals surface area contributed by atoms with Gasteiger partial charge in [0.1, 0.15) is 12.0 Å². The molecule has 1 heterocycles.